The van der Waals surface area contributed by atoms with Gasteiger partial charge in [0.05, 0.1) is 11.1 Å². The molecule has 2 aromatic rings. The number of aliphatic hydroxyl groups is 2. The highest BCUT2D eigenvalue weighted by molar-refractivity contribution is 6.32. The highest BCUT2D eigenvalue weighted by atomic mass is 35.5. The second kappa shape index (κ2) is 9.43. The number of ether oxygens (including phenoxy) is 1. The average molecular weight is 380 g/mol. The van der Waals surface area contributed by atoms with Gasteiger partial charge in [-0.15, -0.1) is 0 Å². The van der Waals surface area contributed by atoms with E-state index in [2.05, 4.69) is 5.32 Å². The van der Waals surface area contributed by atoms with Crippen molar-refractivity contribution in [1.29, 1.82) is 0 Å². The van der Waals surface area contributed by atoms with Gasteiger partial charge < -0.3 is 25.4 Å². The van der Waals surface area contributed by atoms with Crippen molar-refractivity contribution in [3.8, 4) is 5.75 Å². The summed E-state index contributed by atoms with van der Waals surface area (Å²) in [5, 5.41) is 32.6. The van der Waals surface area contributed by atoms with Crippen molar-refractivity contribution in [2.24, 2.45) is 0 Å². The SMILES string of the molecule is Cc1cc(C(O)C(O)CCNC(=O)OCc2ccccc2)cc(Cl)c1O. The average Bonchev–Trinajstić information content (AvgIpc) is 2.64. The third kappa shape index (κ3) is 5.62. The van der Waals surface area contributed by atoms with E-state index in [-0.39, 0.29) is 30.3 Å². The minimum atomic E-state index is -1.19. The van der Waals surface area contributed by atoms with Crippen molar-refractivity contribution in [2.75, 3.05) is 6.54 Å². The Hall–Kier alpha value is -2.28. The number of phenolic OH excluding ortho intramolecular Hbond substituents is 1. The molecule has 1 amide bonds. The van der Waals surface area contributed by atoms with E-state index in [1.54, 1.807) is 13.0 Å². The lowest BCUT2D eigenvalue weighted by Gasteiger charge is -2.19. The summed E-state index contributed by atoms with van der Waals surface area (Å²) in [6, 6.07) is 12.2. The highest BCUT2D eigenvalue weighted by Crippen LogP contribution is 2.31. The zero-order valence-corrected chi connectivity index (χ0v) is 15.1. The maximum absolute atomic E-state index is 11.6. The molecule has 6 nitrogen and oxygen atoms in total. The predicted octanol–water partition coefficient (Wildman–Crippen LogP) is 3.06. The Morgan fingerprint density at radius 1 is 1.23 bits per heavy atom. The fourth-order valence-electron chi connectivity index (χ4n) is 2.41. The lowest BCUT2D eigenvalue weighted by Crippen LogP contribution is -2.29. The largest absolute Gasteiger partial charge is 0.506 e. The minimum absolute atomic E-state index is 0.0556. The second-order valence-corrected chi connectivity index (χ2v) is 6.36. The molecule has 0 saturated heterocycles. The normalized spacial score (nSPS) is 13.1. The Kier molecular flexibility index (Phi) is 7.26. The molecule has 2 unspecified atom stereocenters. The Morgan fingerprint density at radius 3 is 2.58 bits per heavy atom. The number of aryl methyl sites for hydroxylation is 1. The zero-order chi connectivity index (χ0) is 19.1. The first-order chi connectivity index (χ1) is 12.4. The summed E-state index contributed by atoms with van der Waals surface area (Å²) in [6.07, 6.45) is -2.77. The molecule has 0 radical (unpaired) electrons. The first kappa shape index (κ1) is 20.0. The van der Waals surface area contributed by atoms with E-state index in [0.717, 1.165) is 5.56 Å². The van der Waals surface area contributed by atoms with Crippen LogP contribution in [0.4, 0.5) is 4.79 Å². The Morgan fingerprint density at radius 2 is 1.92 bits per heavy atom. The van der Waals surface area contributed by atoms with Crippen LogP contribution >= 0.6 is 11.6 Å². The number of alkyl carbamates (subject to hydrolysis) is 1. The van der Waals surface area contributed by atoms with Gasteiger partial charge in [-0.25, -0.2) is 4.79 Å². The smallest absolute Gasteiger partial charge is 0.407 e. The number of aromatic hydroxyl groups is 1. The summed E-state index contributed by atoms with van der Waals surface area (Å²) < 4.78 is 5.06. The van der Waals surface area contributed by atoms with Crippen LogP contribution in [0.1, 0.15) is 29.2 Å². The molecular formula is C19H22ClNO5. The molecule has 140 valence electrons. The van der Waals surface area contributed by atoms with Gasteiger partial charge in [-0.05, 0) is 42.2 Å². The van der Waals surface area contributed by atoms with Gasteiger partial charge in [-0.3, -0.25) is 0 Å². The number of aliphatic hydroxyl groups excluding tert-OH is 2. The maximum Gasteiger partial charge on any atom is 0.407 e. The molecule has 0 heterocycles. The Bertz CT molecular complexity index is 715. The highest BCUT2D eigenvalue weighted by Gasteiger charge is 2.20. The van der Waals surface area contributed by atoms with Gasteiger partial charge in [-0.1, -0.05) is 41.9 Å². The molecular weight excluding hydrogens is 358 g/mol. The van der Waals surface area contributed by atoms with E-state index in [1.165, 1.54) is 6.07 Å². The molecule has 0 spiro atoms. The standard InChI is InChI=1S/C19H22ClNO5/c1-12-9-14(10-15(20)17(12)23)18(24)16(22)7-8-21-19(25)26-11-13-5-3-2-4-6-13/h2-6,9-10,16,18,22-24H,7-8,11H2,1H3,(H,21,25). The minimum Gasteiger partial charge on any atom is -0.506 e. The topological polar surface area (TPSA) is 99.0 Å². The number of nitrogens with one attached hydrogen (secondary N) is 1. The van der Waals surface area contributed by atoms with Crippen molar-refractivity contribution in [3.05, 3.63) is 64.2 Å². The molecule has 0 aliphatic rings. The molecule has 0 aromatic heterocycles. The number of hydrogen-bond donors (Lipinski definition) is 4. The van der Waals surface area contributed by atoms with Crippen LogP contribution in [-0.4, -0.2) is 34.1 Å². The Labute approximate surface area is 157 Å². The van der Waals surface area contributed by atoms with E-state index in [1.807, 2.05) is 30.3 Å². The summed E-state index contributed by atoms with van der Waals surface area (Å²) in [5.41, 5.74) is 1.77. The maximum atomic E-state index is 11.6. The summed E-state index contributed by atoms with van der Waals surface area (Å²) in [7, 11) is 0. The van der Waals surface area contributed by atoms with Crippen LogP contribution in [0.15, 0.2) is 42.5 Å². The number of amides is 1. The van der Waals surface area contributed by atoms with Crippen molar-refractivity contribution >= 4 is 17.7 Å². The van der Waals surface area contributed by atoms with Crippen molar-refractivity contribution < 1.29 is 24.9 Å². The van der Waals surface area contributed by atoms with E-state index in [4.69, 9.17) is 16.3 Å². The van der Waals surface area contributed by atoms with Gasteiger partial charge >= 0.3 is 6.09 Å². The number of phenols is 1. The Balaban J connectivity index is 1.77. The van der Waals surface area contributed by atoms with E-state index < -0.39 is 18.3 Å². The first-order valence-electron chi connectivity index (χ1n) is 8.18. The van der Waals surface area contributed by atoms with Gasteiger partial charge in [0, 0.05) is 6.54 Å². The first-order valence-corrected chi connectivity index (χ1v) is 8.56. The van der Waals surface area contributed by atoms with Crippen LogP contribution in [0, 0.1) is 6.92 Å². The molecule has 0 aliphatic heterocycles. The quantitative estimate of drug-likeness (QED) is 0.592. The van der Waals surface area contributed by atoms with Crippen molar-refractivity contribution in [3.63, 3.8) is 0 Å². The van der Waals surface area contributed by atoms with E-state index in [0.29, 0.717) is 11.1 Å². The van der Waals surface area contributed by atoms with Gasteiger partial charge in [0.15, 0.2) is 0 Å². The second-order valence-electron chi connectivity index (χ2n) is 5.96. The van der Waals surface area contributed by atoms with Gasteiger partial charge in [0.2, 0.25) is 0 Å². The number of hydrogen-bond acceptors (Lipinski definition) is 5. The summed E-state index contributed by atoms with van der Waals surface area (Å²) in [5.74, 6) is -0.0556. The van der Waals surface area contributed by atoms with Crippen molar-refractivity contribution in [1.82, 2.24) is 5.32 Å². The van der Waals surface area contributed by atoms with Crippen LogP contribution < -0.4 is 5.32 Å². The molecule has 0 bridgehead atoms. The molecule has 0 saturated carbocycles. The van der Waals surface area contributed by atoms with Crippen LogP contribution in [0.2, 0.25) is 5.02 Å². The summed E-state index contributed by atoms with van der Waals surface area (Å²) in [6.45, 7) is 1.94. The monoisotopic (exact) mass is 379 g/mol. The number of carbonyl (C=O) groups excluding carboxylic acids is 1. The molecule has 0 aliphatic carbocycles. The van der Waals surface area contributed by atoms with Crippen molar-refractivity contribution in [2.45, 2.75) is 32.2 Å². The lowest BCUT2D eigenvalue weighted by molar-refractivity contribution is 0.0136. The number of rotatable bonds is 7. The number of halogens is 1. The summed E-state index contributed by atoms with van der Waals surface area (Å²) in [4.78, 5) is 11.6. The molecule has 4 N–H and O–H groups in total. The molecule has 2 rings (SSSR count). The third-order valence-electron chi connectivity index (χ3n) is 3.90. The van der Waals surface area contributed by atoms with Gasteiger partial charge in [-0.2, -0.15) is 0 Å². The third-order valence-corrected chi connectivity index (χ3v) is 4.19. The molecule has 7 heteroatoms. The molecule has 0 fully saturated rings. The predicted molar refractivity (Wildman–Crippen MR) is 98.1 cm³/mol. The molecule has 26 heavy (non-hydrogen) atoms. The molecule has 2 aromatic carbocycles. The fraction of sp³-hybridized carbons (Fsp3) is 0.316. The van der Waals surface area contributed by atoms with Crippen LogP contribution in [0.5, 0.6) is 5.75 Å². The van der Waals surface area contributed by atoms with E-state index in [9.17, 15) is 20.1 Å². The fourth-order valence-corrected chi connectivity index (χ4v) is 2.69. The van der Waals surface area contributed by atoms with Gasteiger partial charge in [0.25, 0.3) is 0 Å². The zero-order valence-electron chi connectivity index (χ0n) is 14.4. The van der Waals surface area contributed by atoms with E-state index >= 15 is 0 Å². The number of carbonyl (C=O) groups is 1. The van der Waals surface area contributed by atoms with Crippen LogP contribution in [0.25, 0.3) is 0 Å². The summed E-state index contributed by atoms with van der Waals surface area (Å²) >= 11 is 5.88. The lowest BCUT2D eigenvalue weighted by atomic mass is 10.00. The number of benzene rings is 2. The van der Waals surface area contributed by atoms with Crippen LogP contribution in [0.3, 0.4) is 0 Å². The van der Waals surface area contributed by atoms with Gasteiger partial charge in [0.1, 0.15) is 18.5 Å². The van der Waals surface area contributed by atoms with Crippen LogP contribution in [-0.2, 0) is 11.3 Å². The molecule has 2 atom stereocenters.